The fourth-order valence-corrected chi connectivity index (χ4v) is 3.28. The molecule has 1 aromatic rings. The zero-order valence-electron chi connectivity index (χ0n) is 10.0. The third-order valence-corrected chi connectivity index (χ3v) is 5.10. The number of para-hydroxylation sites is 1. The number of benzene rings is 1. The van der Waals surface area contributed by atoms with Crippen molar-refractivity contribution in [3.05, 3.63) is 24.3 Å². The van der Waals surface area contributed by atoms with Gasteiger partial charge in [-0.25, -0.2) is 13.1 Å². The Hall–Kier alpha value is -0.960. The van der Waals surface area contributed by atoms with E-state index < -0.39 is 20.8 Å². The summed E-state index contributed by atoms with van der Waals surface area (Å²) in [5.41, 5.74) is 2.65. The minimum Gasteiger partial charge on any atom is -0.323 e. The van der Waals surface area contributed by atoms with Crippen LogP contribution in [-0.4, -0.2) is 30.7 Å². The molecule has 0 aliphatic rings. The monoisotopic (exact) mass is 291 g/mol. The Labute approximate surface area is 109 Å². The lowest BCUT2D eigenvalue weighted by Crippen LogP contribution is -2.29. The molecule has 0 aromatic heterocycles. The Morgan fingerprint density at radius 1 is 1.33 bits per heavy atom. The molecule has 18 heavy (non-hydrogen) atoms. The second-order valence-corrected chi connectivity index (χ2v) is 7.07. The van der Waals surface area contributed by atoms with Crippen molar-refractivity contribution in [1.29, 1.82) is 0 Å². The van der Waals surface area contributed by atoms with Crippen molar-refractivity contribution in [3.8, 4) is 0 Å². The summed E-state index contributed by atoms with van der Waals surface area (Å²) in [6.07, 6.45) is 0. The number of nitrogens with two attached hydrogens (primary N) is 1. The molecule has 0 aliphatic heterocycles. The van der Waals surface area contributed by atoms with Crippen LogP contribution in [0.2, 0.25) is 0 Å². The number of anilines is 1. The van der Waals surface area contributed by atoms with Crippen LogP contribution in [0.25, 0.3) is 0 Å². The first kappa shape index (κ1) is 15.1. The van der Waals surface area contributed by atoms with Crippen molar-refractivity contribution in [2.45, 2.75) is 11.8 Å². The molecule has 6 nitrogen and oxygen atoms in total. The van der Waals surface area contributed by atoms with E-state index in [0.29, 0.717) is 17.2 Å². The summed E-state index contributed by atoms with van der Waals surface area (Å²) in [7, 11) is -4.63. The summed E-state index contributed by atoms with van der Waals surface area (Å²) in [6.45, 7) is 1.93. The molecule has 0 fully saturated rings. The van der Waals surface area contributed by atoms with E-state index in [2.05, 4.69) is 10.1 Å². The van der Waals surface area contributed by atoms with Crippen LogP contribution in [0, 0.1) is 0 Å². The molecule has 1 rings (SSSR count). The van der Waals surface area contributed by atoms with Gasteiger partial charge in [-0.05, 0) is 12.1 Å². The van der Waals surface area contributed by atoms with Crippen LogP contribution in [0.15, 0.2) is 29.2 Å². The highest BCUT2D eigenvalue weighted by Gasteiger charge is 2.17. The number of hydrazine groups is 1. The summed E-state index contributed by atoms with van der Waals surface area (Å²) in [5.74, 6) is 6.07. The van der Waals surface area contributed by atoms with Crippen LogP contribution in [-0.2, 0) is 20.8 Å². The SMILES string of the molecule is CCS(=O)CCNS(=O)(=O)c1ccccc1NN. The Bertz CT molecular complexity index is 517. The van der Waals surface area contributed by atoms with E-state index in [1.165, 1.54) is 6.07 Å². The third kappa shape index (κ3) is 4.05. The zero-order chi connectivity index (χ0) is 13.6. The lowest BCUT2D eigenvalue weighted by molar-refractivity contribution is 0.584. The quantitative estimate of drug-likeness (QED) is 0.485. The van der Waals surface area contributed by atoms with Gasteiger partial charge in [-0.2, -0.15) is 0 Å². The second kappa shape index (κ2) is 6.83. The van der Waals surface area contributed by atoms with E-state index in [4.69, 9.17) is 5.84 Å². The first-order chi connectivity index (χ1) is 8.51. The van der Waals surface area contributed by atoms with E-state index in [1.807, 2.05) is 0 Å². The molecule has 102 valence electrons. The highest BCUT2D eigenvalue weighted by atomic mass is 32.2. The van der Waals surface area contributed by atoms with Gasteiger partial charge in [-0.3, -0.25) is 10.1 Å². The number of hydrogen-bond donors (Lipinski definition) is 3. The van der Waals surface area contributed by atoms with E-state index in [-0.39, 0.29) is 11.4 Å². The number of nitrogens with one attached hydrogen (secondary N) is 2. The minimum absolute atomic E-state index is 0.0785. The van der Waals surface area contributed by atoms with Crippen LogP contribution >= 0.6 is 0 Å². The maximum atomic E-state index is 12.0. The Kier molecular flexibility index (Phi) is 5.73. The molecule has 0 saturated heterocycles. The molecule has 0 saturated carbocycles. The van der Waals surface area contributed by atoms with Gasteiger partial charge in [0.05, 0.1) is 5.69 Å². The van der Waals surface area contributed by atoms with Crippen molar-refractivity contribution in [3.63, 3.8) is 0 Å². The fraction of sp³-hybridized carbons (Fsp3) is 0.400. The molecule has 0 spiro atoms. The standard InChI is InChI=1S/C10H17N3O3S2/c1-2-17(14)8-7-12-18(15,16)10-6-4-3-5-9(10)13-11/h3-6,12-13H,2,7-8,11H2,1H3. The average molecular weight is 291 g/mol. The molecule has 8 heteroatoms. The maximum absolute atomic E-state index is 12.0. The molecular formula is C10H17N3O3S2. The normalized spacial score (nSPS) is 13.2. The van der Waals surface area contributed by atoms with Crippen molar-refractivity contribution < 1.29 is 12.6 Å². The first-order valence-electron chi connectivity index (χ1n) is 5.41. The van der Waals surface area contributed by atoms with Crippen LogP contribution in [0.5, 0.6) is 0 Å². The van der Waals surface area contributed by atoms with Gasteiger partial charge in [0.25, 0.3) is 0 Å². The second-order valence-electron chi connectivity index (χ2n) is 3.47. The molecule has 4 N–H and O–H groups in total. The lowest BCUT2D eigenvalue weighted by atomic mass is 10.3. The molecular weight excluding hydrogens is 274 g/mol. The summed E-state index contributed by atoms with van der Waals surface area (Å²) in [4.78, 5) is 0.0785. The molecule has 0 radical (unpaired) electrons. The van der Waals surface area contributed by atoms with Gasteiger partial charge in [0.1, 0.15) is 4.90 Å². The van der Waals surface area contributed by atoms with Crippen LogP contribution in [0.3, 0.4) is 0 Å². The molecule has 1 aromatic carbocycles. The fourth-order valence-electron chi connectivity index (χ4n) is 1.33. The molecule has 1 unspecified atom stereocenters. The molecule has 1 atom stereocenters. The highest BCUT2D eigenvalue weighted by molar-refractivity contribution is 7.89. The van der Waals surface area contributed by atoms with E-state index in [0.717, 1.165) is 0 Å². The van der Waals surface area contributed by atoms with Gasteiger partial charge in [0, 0.05) is 28.9 Å². The largest absolute Gasteiger partial charge is 0.323 e. The third-order valence-electron chi connectivity index (χ3n) is 2.28. The van der Waals surface area contributed by atoms with Gasteiger partial charge < -0.3 is 5.43 Å². The topological polar surface area (TPSA) is 101 Å². The summed E-state index contributed by atoms with van der Waals surface area (Å²) in [6, 6.07) is 6.31. The predicted octanol–water partition coefficient (Wildman–Crippen LogP) is 0.0191. The van der Waals surface area contributed by atoms with Crippen molar-refractivity contribution in [2.24, 2.45) is 5.84 Å². The summed E-state index contributed by atoms with van der Waals surface area (Å²) >= 11 is 0. The van der Waals surface area contributed by atoms with Crippen molar-refractivity contribution in [2.75, 3.05) is 23.5 Å². The number of hydrogen-bond acceptors (Lipinski definition) is 5. The van der Waals surface area contributed by atoms with Crippen LogP contribution in [0.1, 0.15) is 6.92 Å². The number of sulfonamides is 1. The van der Waals surface area contributed by atoms with E-state index in [1.54, 1.807) is 25.1 Å². The molecule has 0 amide bonds. The Morgan fingerprint density at radius 3 is 2.61 bits per heavy atom. The first-order valence-corrected chi connectivity index (χ1v) is 8.38. The number of rotatable bonds is 7. The summed E-state index contributed by atoms with van der Waals surface area (Å²) < 4.78 is 37.6. The Morgan fingerprint density at radius 2 is 2.00 bits per heavy atom. The van der Waals surface area contributed by atoms with Gasteiger partial charge >= 0.3 is 0 Å². The lowest BCUT2D eigenvalue weighted by Gasteiger charge is -2.10. The predicted molar refractivity (Wildman–Crippen MR) is 73.0 cm³/mol. The summed E-state index contributed by atoms with van der Waals surface area (Å²) in [5, 5.41) is 0. The average Bonchev–Trinajstić information content (AvgIpc) is 2.38. The van der Waals surface area contributed by atoms with Crippen LogP contribution in [0.4, 0.5) is 5.69 Å². The zero-order valence-corrected chi connectivity index (χ0v) is 11.7. The van der Waals surface area contributed by atoms with E-state index >= 15 is 0 Å². The maximum Gasteiger partial charge on any atom is 0.242 e. The molecule has 0 aliphatic carbocycles. The minimum atomic E-state index is -3.63. The molecule has 0 bridgehead atoms. The van der Waals surface area contributed by atoms with E-state index in [9.17, 15) is 12.6 Å². The van der Waals surface area contributed by atoms with Gasteiger partial charge in [-0.15, -0.1) is 0 Å². The number of nitrogen functional groups attached to an aromatic ring is 1. The molecule has 0 heterocycles. The van der Waals surface area contributed by atoms with Gasteiger partial charge in [0.15, 0.2) is 0 Å². The van der Waals surface area contributed by atoms with Crippen molar-refractivity contribution in [1.82, 2.24) is 4.72 Å². The van der Waals surface area contributed by atoms with Gasteiger partial charge in [0.2, 0.25) is 10.0 Å². The van der Waals surface area contributed by atoms with Crippen molar-refractivity contribution >= 4 is 26.5 Å². The van der Waals surface area contributed by atoms with Crippen LogP contribution < -0.4 is 16.0 Å². The smallest absolute Gasteiger partial charge is 0.242 e. The Balaban J connectivity index is 2.77. The van der Waals surface area contributed by atoms with Gasteiger partial charge in [-0.1, -0.05) is 19.1 Å². The highest BCUT2D eigenvalue weighted by Crippen LogP contribution is 2.18.